The average molecular weight is 200 g/mol. The Morgan fingerprint density at radius 1 is 1.47 bits per heavy atom. The number of rotatable bonds is 3. The minimum Gasteiger partial charge on any atom is -0.293 e. The lowest BCUT2D eigenvalue weighted by Crippen LogP contribution is -2.33. The summed E-state index contributed by atoms with van der Waals surface area (Å²) >= 11 is 0. The van der Waals surface area contributed by atoms with E-state index in [1.807, 2.05) is 18.2 Å². The summed E-state index contributed by atoms with van der Waals surface area (Å²) < 4.78 is 0. The zero-order chi connectivity index (χ0) is 10.9. The highest BCUT2D eigenvalue weighted by Gasteiger charge is 2.52. The summed E-state index contributed by atoms with van der Waals surface area (Å²) in [5.41, 5.74) is 0.973. The van der Waals surface area contributed by atoms with Gasteiger partial charge < -0.3 is 0 Å². The molecule has 2 nitrogen and oxygen atoms in total. The third-order valence-corrected chi connectivity index (χ3v) is 3.28. The molecule has 2 heteroatoms. The Hall–Kier alpha value is -1.33. The van der Waals surface area contributed by atoms with Gasteiger partial charge in [-0.1, -0.05) is 37.3 Å². The number of hydrogen-bond donors (Lipinski definition) is 1. The van der Waals surface area contributed by atoms with Crippen molar-refractivity contribution in [2.24, 2.45) is 5.92 Å². The Kier molecular flexibility index (Phi) is 2.50. The molecular weight excluding hydrogens is 184 g/mol. The van der Waals surface area contributed by atoms with Crippen LogP contribution in [0.3, 0.4) is 0 Å². The molecule has 78 valence electrons. The van der Waals surface area contributed by atoms with Gasteiger partial charge in [-0.2, -0.15) is 5.26 Å². The second kappa shape index (κ2) is 3.67. The van der Waals surface area contributed by atoms with Crippen LogP contribution in [0.25, 0.3) is 0 Å². The first-order valence-electron chi connectivity index (χ1n) is 5.42. The van der Waals surface area contributed by atoms with Crippen molar-refractivity contribution in [3.8, 4) is 6.07 Å². The Balaban J connectivity index is 2.06. The van der Waals surface area contributed by atoms with Crippen LogP contribution in [-0.4, -0.2) is 5.54 Å². The fourth-order valence-corrected chi connectivity index (χ4v) is 2.02. The molecule has 0 bridgehead atoms. The molecule has 1 fully saturated rings. The molecular formula is C13H16N2. The van der Waals surface area contributed by atoms with Crippen molar-refractivity contribution >= 4 is 0 Å². The molecule has 1 saturated carbocycles. The Bertz CT molecular complexity index is 379. The van der Waals surface area contributed by atoms with Gasteiger partial charge in [0.2, 0.25) is 0 Å². The summed E-state index contributed by atoms with van der Waals surface area (Å²) in [5, 5.41) is 12.5. The number of nitriles is 1. The van der Waals surface area contributed by atoms with Gasteiger partial charge in [0, 0.05) is 6.04 Å². The van der Waals surface area contributed by atoms with Crippen molar-refractivity contribution in [3.05, 3.63) is 35.9 Å². The standard InChI is InChI=1S/C13H16N2/c1-10-8-13(10,9-14)15-11(2)12-6-4-3-5-7-12/h3-7,10-11,15H,8H2,1-2H3/t10-,11+,13-/m1/s1. The molecule has 0 saturated heterocycles. The Labute approximate surface area is 90.9 Å². The minimum atomic E-state index is -0.269. The molecule has 1 aromatic rings. The van der Waals surface area contributed by atoms with E-state index in [9.17, 15) is 0 Å². The lowest BCUT2D eigenvalue weighted by atomic mass is 10.1. The summed E-state index contributed by atoms with van der Waals surface area (Å²) in [6.07, 6.45) is 0.973. The molecule has 0 spiro atoms. The van der Waals surface area contributed by atoms with Gasteiger partial charge >= 0.3 is 0 Å². The summed E-state index contributed by atoms with van der Waals surface area (Å²) in [6.45, 7) is 4.23. The summed E-state index contributed by atoms with van der Waals surface area (Å²) in [5.74, 6) is 0.480. The predicted octanol–water partition coefficient (Wildman–Crippen LogP) is 2.64. The van der Waals surface area contributed by atoms with Crippen molar-refractivity contribution in [1.82, 2.24) is 5.32 Å². The Morgan fingerprint density at radius 2 is 2.07 bits per heavy atom. The van der Waals surface area contributed by atoms with E-state index in [1.165, 1.54) is 5.56 Å². The highest BCUT2D eigenvalue weighted by atomic mass is 15.1. The van der Waals surface area contributed by atoms with Crippen molar-refractivity contribution in [2.75, 3.05) is 0 Å². The van der Waals surface area contributed by atoms with E-state index in [-0.39, 0.29) is 11.6 Å². The van der Waals surface area contributed by atoms with E-state index < -0.39 is 0 Å². The largest absolute Gasteiger partial charge is 0.293 e. The molecule has 3 atom stereocenters. The summed E-state index contributed by atoms with van der Waals surface area (Å²) in [4.78, 5) is 0. The second-order valence-corrected chi connectivity index (χ2v) is 4.47. The van der Waals surface area contributed by atoms with Crippen LogP contribution < -0.4 is 5.32 Å². The van der Waals surface area contributed by atoms with Crippen molar-refractivity contribution < 1.29 is 0 Å². The lowest BCUT2D eigenvalue weighted by Gasteiger charge is -2.18. The molecule has 0 aliphatic heterocycles. The molecule has 1 aromatic carbocycles. The second-order valence-electron chi connectivity index (χ2n) is 4.47. The third kappa shape index (κ3) is 1.88. The van der Waals surface area contributed by atoms with Crippen molar-refractivity contribution in [2.45, 2.75) is 31.8 Å². The van der Waals surface area contributed by atoms with Crippen LogP contribution >= 0.6 is 0 Å². The predicted molar refractivity (Wildman–Crippen MR) is 60.1 cm³/mol. The molecule has 0 heterocycles. The molecule has 15 heavy (non-hydrogen) atoms. The highest BCUT2D eigenvalue weighted by molar-refractivity contribution is 5.26. The molecule has 1 N–H and O–H groups in total. The molecule has 0 amide bonds. The molecule has 1 aliphatic carbocycles. The maximum Gasteiger partial charge on any atom is 0.110 e. The third-order valence-electron chi connectivity index (χ3n) is 3.28. The Morgan fingerprint density at radius 3 is 2.53 bits per heavy atom. The van der Waals surface area contributed by atoms with E-state index in [4.69, 9.17) is 5.26 Å². The monoisotopic (exact) mass is 200 g/mol. The zero-order valence-electron chi connectivity index (χ0n) is 9.20. The number of nitrogens with zero attached hydrogens (tertiary/aromatic N) is 1. The quantitative estimate of drug-likeness (QED) is 0.814. The number of benzene rings is 1. The van der Waals surface area contributed by atoms with E-state index in [0.717, 1.165) is 6.42 Å². The maximum absolute atomic E-state index is 9.11. The van der Waals surface area contributed by atoms with Gasteiger partial charge in [-0.05, 0) is 24.8 Å². The van der Waals surface area contributed by atoms with Crippen LogP contribution in [0.1, 0.15) is 31.9 Å². The fourth-order valence-electron chi connectivity index (χ4n) is 2.02. The first-order valence-corrected chi connectivity index (χ1v) is 5.42. The first kappa shape index (κ1) is 10.2. The van der Waals surface area contributed by atoms with Gasteiger partial charge in [-0.15, -0.1) is 0 Å². The molecule has 2 rings (SSSR count). The van der Waals surface area contributed by atoms with Crippen LogP contribution in [0.2, 0.25) is 0 Å². The van der Waals surface area contributed by atoms with Crippen LogP contribution in [0.4, 0.5) is 0 Å². The topological polar surface area (TPSA) is 35.8 Å². The maximum atomic E-state index is 9.11. The summed E-state index contributed by atoms with van der Waals surface area (Å²) in [6, 6.07) is 12.9. The molecule has 1 aliphatic rings. The van der Waals surface area contributed by atoms with E-state index in [0.29, 0.717) is 5.92 Å². The van der Waals surface area contributed by atoms with Crippen LogP contribution in [0.5, 0.6) is 0 Å². The summed E-state index contributed by atoms with van der Waals surface area (Å²) in [7, 11) is 0. The van der Waals surface area contributed by atoms with Gasteiger partial charge in [0.05, 0.1) is 6.07 Å². The van der Waals surface area contributed by atoms with Crippen LogP contribution in [-0.2, 0) is 0 Å². The molecule has 0 radical (unpaired) electrons. The van der Waals surface area contributed by atoms with Gasteiger partial charge in [0.15, 0.2) is 0 Å². The lowest BCUT2D eigenvalue weighted by molar-refractivity contribution is 0.486. The zero-order valence-corrected chi connectivity index (χ0v) is 9.20. The van der Waals surface area contributed by atoms with Crippen molar-refractivity contribution in [3.63, 3.8) is 0 Å². The fraction of sp³-hybridized carbons (Fsp3) is 0.462. The molecule has 0 aromatic heterocycles. The van der Waals surface area contributed by atoms with Gasteiger partial charge in [0.1, 0.15) is 5.54 Å². The first-order chi connectivity index (χ1) is 7.18. The average Bonchev–Trinajstić information content (AvgIpc) is 2.91. The number of nitrogens with one attached hydrogen (secondary N) is 1. The smallest absolute Gasteiger partial charge is 0.110 e. The number of hydrogen-bond acceptors (Lipinski definition) is 2. The minimum absolute atomic E-state index is 0.246. The van der Waals surface area contributed by atoms with E-state index in [2.05, 4.69) is 37.4 Å². The van der Waals surface area contributed by atoms with Gasteiger partial charge in [-0.25, -0.2) is 0 Å². The van der Waals surface area contributed by atoms with E-state index >= 15 is 0 Å². The van der Waals surface area contributed by atoms with Crippen LogP contribution in [0.15, 0.2) is 30.3 Å². The normalized spacial score (nSPS) is 30.6. The van der Waals surface area contributed by atoms with Gasteiger partial charge in [0.25, 0.3) is 0 Å². The van der Waals surface area contributed by atoms with Crippen molar-refractivity contribution in [1.29, 1.82) is 5.26 Å². The molecule has 0 unspecified atom stereocenters. The van der Waals surface area contributed by atoms with E-state index in [1.54, 1.807) is 0 Å². The van der Waals surface area contributed by atoms with Crippen LogP contribution in [0, 0.1) is 17.2 Å². The highest BCUT2D eigenvalue weighted by Crippen LogP contribution is 2.43. The SMILES string of the molecule is C[C@H](N[C@@]1(C#N)C[C@H]1C)c1ccccc1. The van der Waals surface area contributed by atoms with Gasteiger partial charge in [-0.3, -0.25) is 5.32 Å².